The minimum Gasteiger partial charge on any atom is -0.349 e. The van der Waals surface area contributed by atoms with Crippen molar-refractivity contribution < 1.29 is 0 Å². The van der Waals surface area contributed by atoms with Crippen LogP contribution in [0.4, 0.5) is 17.1 Å². The van der Waals surface area contributed by atoms with E-state index in [9.17, 15) is 0 Å². The van der Waals surface area contributed by atoms with Crippen molar-refractivity contribution in [3.05, 3.63) is 84.9 Å². The lowest BCUT2D eigenvalue weighted by Crippen LogP contribution is -2.34. The van der Waals surface area contributed by atoms with Gasteiger partial charge in [0, 0.05) is 33.3 Å². The molecular formula is C29H25N3. The number of aromatic nitrogens is 1. The molecule has 1 aliphatic rings. The summed E-state index contributed by atoms with van der Waals surface area (Å²) in [5.41, 5.74) is 7.80. The van der Waals surface area contributed by atoms with Crippen LogP contribution in [-0.2, 0) is 0 Å². The average Bonchev–Trinajstić information content (AvgIpc) is 3.50. The third kappa shape index (κ3) is 2.20. The van der Waals surface area contributed by atoms with Gasteiger partial charge in [-0.2, -0.15) is 0 Å². The van der Waals surface area contributed by atoms with E-state index in [4.69, 9.17) is 0 Å². The molecule has 0 amide bonds. The molecule has 0 N–H and O–H groups in total. The maximum absolute atomic E-state index is 2.53. The number of rotatable bonds is 3. The maximum Gasteiger partial charge on any atom is 0.0955 e. The Morgan fingerprint density at radius 1 is 0.719 bits per heavy atom. The normalized spacial score (nSPS) is 14.9. The van der Waals surface area contributed by atoms with Crippen LogP contribution in [0, 0.1) is 0 Å². The van der Waals surface area contributed by atoms with Gasteiger partial charge in [-0.25, -0.2) is 0 Å². The van der Waals surface area contributed by atoms with Crippen molar-refractivity contribution in [3.63, 3.8) is 0 Å². The summed E-state index contributed by atoms with van der Waals surface area (Å²) in [4.78, 5) is 4.99. The number of nitrogens with zero attached hydrogens (tertiary/aromatic N) is 3. The van der Waals surface area contributed by atoms with Gasteiger partial charge in [0.25, 0.3) is 0 Å². The summed E-state index contributed by atoms with van der Waals surface area (Å²) < 4.78 is 2.45. The lowest BCUT2D eigenvalue weighted by molar-refractivity contribution is 0.635. The van der Waals surface area contributed by atoms with E-state index in [1.807, 2.05) is 0 Å². The van der Waals surface area contributed by atoms with Crippen LogP contribution in [0.1, 0.15) is 20.3 Å². The van der Waals surface area contributed by atoms with Crippen LogP contribution in [0.25, 0.3) is 38.1 Å². The van der Waals surface area contributed by atoms with Gasteiger partial charge in [-0.3, -0.25) is 0 Å². The molecule has 3 heterocycles. The van der Waals surface area contributed by atoms with Crippen molar-refractivity contribution in [2.45, 2.75) is 26.3 Å². The van der Waals surface area contributed by atoms with E-state index >= 15 is 0 Å². The molecule has 3 heteroatoms. The summed E-state index contributed by atoms with van der Waals surface area (Å²) in [6, 6.07) is 31.8. The minimum absolute atomic E-state index is 0.511. The van der Waals surface area contributed by atoms with Gasteiger partial charge in [0.15, 0.2) is 0 Å². The molecule has 1 atom stereocenters. The van der Waals surface area contributed by atoms with E-state index in [0.717, 1.165) is 13.1 Å². The Bertz CT molecular complexity index is 1630. The van der Waals surface area contributed by atoms with Crippen molar-refractivity contribution in [1.82, 2.24) is 4.40 Å². The number of para-hydroxylation sites is 4. The fourth-order valence-electron chi connectivity index (χ4n) is 5.65. The Morgan fingerprint density at radius 2 is 1.41 bits per heavy atom. The van der Waals surface area contributed by atoms with Crippen LogP contribution in [-0.4, -0.2) is 17.1 Å². The smallest absolute Gasteiger partial charge is 0.0955 e. The first kappa shape index (κ1) is 17.9. The molecule has 0 fully saturated rings. The van der Waals surface area contributed by atoms with Gasteiger partial charge in [0.1, 0.15) is 0 Å². The highest BCUT2D eigenvalue weighted by Gasteiger charge is 2.29. The number of anilines is 3. The molecular weight excluding hydrogens is 390 g/mol. The molecule has 2 aromatic heterocycles. The summed E-state index contributed by atoms with van der Waals surface area (Å²) in [5, 5.41) is 5.33. The molecule has 0 aliphatic carbocycles. The van der Waals surface area contributed by atoms with Crippen LogP contribution in [0.5, 0.6) is 0 Å². The van der Waals surface area contributed by atoms with E-state index in [1.54, 1.807) is 0 Å². The summed E-state index contributed by atoms with van der Waals surface area (Å²) in [6.07, 6.45) is 1.14. The lowest BCUT2D eigenvalue weighted by Gasteiger charge is -2.27. The SMILES string of the molecule is CCC(C)N1CN(c2ccc3c(c2)c2cccc4c5ccccc5n3c42)c2ccccc21. The Balaban J connectivity index is 1.47. The minimum atomic E-state index is 0.511. The Hall–Kier alpha value is -3.72. The molecule has 0 saturated heterocycles. The van der Waals surface area contributed by atoms with Crippen LogP contribution in [0.3, 0.4) is 0 Å². The highest BCUT2D eigenvalue weighted by molar-refractivity contribution is 6.23. The van der Waals surface area contributed by atoms with Gasteiger partial charge >= 0.3 is 0 Å². The topological polar surface area (TPSA) is 10.9 Å². The van der Waals surface area contributed by atoms with E-state index in [1.165, 1.54) is 55.2 Å². The van der Waals surface area contributed by atoms with E-state index < -0.39 is 0 Å². The first-order valence-corrected chi connectivity index (χ1v) is 11.6. The molecule has 4 aromatic carbocycles. The molecule has 3 nitrogen and oxygen atoms in total. The number of benzene rings is 4. The van der Waals surface area contributed by atoms with Crippen molar-refractivity contribution in [2.75, 3.05) is 16.5 Å². The summed E-state index contributed by atoms with van der Waals surface area (Å²) in [7, 11) is 0. The van der Waals surface area contributed by atoms with Crippen LogP contribution in [0.15, 0.2) is 84.9 Å². The van der Waals surface area contributed by atoms with Gasteiger partial charge in [-0.05, 0) is 49.7 Å². The van der Waals surface area contributed by atoms with Crippen LogP contribution >= 0.6 is 0 Å². The van der Waals surface area contributed by atoms with Crippen molar-refractivity contribution in [3.8, 4) is 0 Å². The summed E-state index contributed by atoms with van der Waals surface area (Å²) in [6.45, 7) is 5.49. The average molecular weight is 416 g/mol. The van der Waals surface area contributed by atoms with Gasteiger partial charge in [-0.1, -0.05) is 55.5 Å². The predicted octanol–water partition coefficient (Wildman–Crippen LogP) is 7.55. The highest BCUT2D eigenvalue weighted by atomic mass is 15.4. The molecule has 6 aromatic rings. The second-order valence-electron chi connectivity index (χ2n) is 9.04. The predicted molar refractivity (Wildman–Crippen MR) is 137 cm³/mol. The third-order valence-electron chi connectivity index (χ3n) is 7.42. The largest absolute Gasteiger partial charge is 0.349 e. The second kappa shape index (κ2) is 6.39. The number of fused-ring (bicyclic) bond motifs is 7. The molecule has 1 unspecified atom stereocenters. The molecule has 0 spiro atoms. The molecule has 0 saturated carbocycles. The van der Waals surface area contributed by atoms with Gasteiger partial charge in [0.2, 0.25) is 0 Å². The quantitative estimate of drug-likeness (QED) is 0.295. The van der Waals surface area contributed by atoms with Gasteiger partial charge in [-0.15, -0.1) is 0 Å². The Kier molecular flexibility index (Phi) is 3.58. The monoisotopic (exact) mass is 415 g/mol. The van der Waals surface area contributed by atoms with Crippen molar-refractivity contribution in [1.29, 1.82) is 0 Å². The summed E-state index contributed by atoms with van der Waals surface area (Å²) >= 11 is 0. The summed E-state index contributed by atoms with van der Waals surface area (Å²) in [5.74, 6) is 0. The first-order chi connectivity index (χ1) is 15.8. The Morgan fingerprint density at radius 3 is 2.25 bits per heavy atom. The Labute approximate surface area is 187 Å². The zero-order valence-electron chi connectivity index (χ0n) is 18.4. The molecule has 0 bridgehead atoms. The fraction of sp³-hybridized carbons (Fsp3) is 0.172. The number of hydrogen-bond acceptors (Lipinski definition) is 2. The molecule has 0 radical (unpaired) electrons. The standard InChI is InChI=1S/C29H25N3/c1-3-19(2)30-18-31(28-14-7-6-13-27(28)30)20-15-16-26-24(17-20)23-11-8-10-22-21-9-4-5-12-25(21)32(26)29(22)23/h4-17,19H,3,18H2,1-2H3. The van der Waals surface area contributed by atoms with Crippen LogP contribution in [0.2, 0.25) is 0 Å². The first-order valence-electron chi connectivity index (χ1n) is 11.6. The zero-order chi connectivity index (χ0) is 21.4. The van der Waals surface area contributed by atoms with E-state index in [-0.39, 0.29) is 0 Å². The third-order valence-corrected chi connectivity index (χ3v) is 7.42. The van der Waals surface area contributed by atoms with E-state index in [0.29, 0.717) is 6.04 Å². The fourth-order valence-corrected chi connectivity index (χ4v) is 5.65. The highest BCUT2D eigenvalue weighted by Crippen LogP contribution is 2.44. The molecule has 7 rings (SSSR count). The molecule has 1 aliphatic heterocycles. The van der Waals surface area contributed by atoms with Gasteiger partial charge in [0.05, 0.1) is 34.6 Å². The maximum atomic E-state index is 2.53. The van der Waals surface area contributed by atoms with Crippen molar-refractivity contribution in [2.24, 2.45) is 0 Å². The molecule has 156 valence electrons. The number of hydrogen-bond donors (Lipinski definition) is 0. The van der Waals surface area contributed by atoms with Crippen molar-refractivity contribution >= 4 is 55.2 Å². The zero-order valence-corrected chi connectivity index (χ0v) is 18.4. The van der Waals surface area contributed by atoms with Crippen LogP contribution < -0.4 is 9.80 Å². The van der Waals surface area contributed by atoms with E-state index in [2.05, 4.69) is 113 Å². The molecule has 32 heavy (non-hydrogen) atoms. The second-order valence-corrected chi connectivity index (χ2v) is 9.04. The van der Waals surface area contributed by atoms with Gasteiger partial charge < -0.3 is 14.2 Å². The lowest BCUT2D eigenvalue weighted by atomic mass is 10.1.